The molecule has 3 rings (SSSR count). The highest BCUT2D eigenvalue weighted by atomic mass is 16.8. The molecule has 3 aliphatic rings. The van der Waals surface area contributed by atoms with Crippen LogP contribution in [0.15, 0.2) is 60.8 Å². The molecule has 0 aromatic rings. The predicted molar refractivity (Wildman–Crippen MR) is 365 cm³/mol. The lowest BCUT2D eigenvalue weighted by molar-refractivity contribution is -0.379. The Hall–Kier alpha value is -2.51. The van der Waals surface area contributed by atoms with Crippen LogP contribution in [-0.4, -0.2) is 193 Å². The number of rotatable bonds is 57. The van der Waals surface area contributed by atoms with E-state index in [9.17, 15) is 61.0 Å². The highest BCUT2D eigenvalue weighted by molar-refractivity contribution is 5.76. The van der Waals surface area contributed by atoms with Gasteiger partial charge in [0.05, 0.1) is 38.6 Å². The zero-order valence-corrected chi connectivity index (χ0v) is 57.5. The number of nitrogens with one attached hydrogen (secondary N) is 1. The van der Waals surface area contributed by atoms with Gasteiger partial charge < -0.3 is 89.9 Å². The van der Waals surface area contributed by atoms with Crippen molar-refractivity contribution in [2.75, 3.05) is 26.4 Å². The first-order chi connectivity index (χ1) is 45.3. The molecule has 19 heteroatoms. The quantitative estimate of drug-likeness (QED) is 0.0199. The largest absolute Gasteiger partial charge is 0.394 e. The maximum atomic E-state index is 13.4. The molecule has 19 nitrogen and oxygen atoms in total. The van der Waals surface area contributed by atoms with E-state index < -0.39 is 124 Å². The summed E-state index contributed by atoms with van der Waals surface area (Å²) in [5, 5.41) is 121. The number of carbonyl (C=O) groups excluding carboxylic acids is 1. The summed E-state index contributed by atoms with van der Waals surface area (Å²) in [6.07, 6.45) is 42.2. The number of ether oxygens (including phenoxy) is 6. The molecule has 542 valence electrons. The van der Waals surface area contributed by atoms with Gasteiger partial charge in [0.2, 0.25) is 5.91 Å². The minimum Gasteiger partial charge on any atom is -0.394 e. The van der Waals surface area contributed by atoms with Gasteiger partial charge in [-0.25, -0.2) is 0 Å². The van der Waals surface area contributed by atoms with Gasteiger partial charge in [-0.3, -0.25) is 4.79 Å². The molecule has 0 aliphatic carbocycles. The minimum atomic E-state index is -1.98. The highest BCUT2D eigenvalue weighted by Gasteiger charge is 2.53. The monoisotopic (exact) mass is 1320 g/mol. The third kappa shape index (κ3) is 36.8. The van der Waals surface area contributed by atoms with Gasteiger partial charge >= 0.3 is 0 Å². The van der Waals surface area contributed by atoms with Gasteiger partial charge in [0.15, 0.2) is 18.9 Å². The van der Waals surface area contributed by atoms with E-state index >= 15 is 0 Å². The van der Waals surface area contributed by atoms with Crippen molar-refractivity contribution in [1.82, 2.24) is 5.32 Å². The Morgan fingerprint density at radius 3 is 1.16 bits per heavy atom. The molecular weight excluding hydrogens is 1190 g/mol. The van der Waals surface area contributed by atoms with Gasteiger partial charge in [0, 0.05) is 6.42 Å². The Morgan fingerprint density at radius 1 is 0.398 bits per heavy atom. The average Bonchev–Trinajstić information content (AvgIpc) is 0.815. The second kappa shape index (κ2) is 55.4. The number of hydrogen-bond acceptors (Lipinski definition) is 18. The molecule has 3 saturated heterocycles. The van der Waals surface area contributed by atoms with Crippen LogP contribution in [0.4, 0.5) is 0 Å². The highest BCUT2D eigenvalue weighted by Crippen LogP contribution is 2.33. The normalized spacial score (nSPS) is 27.9. The number of aliphatic hydroxyl groups excluding tert-OH is 11. The number of unbranched alkanes of at least 4 members (excludes halogenated alkanes) is 33. The molecule has 0 saturated carbocycles. The van der Waals surface area contributed by atoms with Crippen LogP contribution < -0.4 is 5.32 Å². The summed E-state index contributed by atoms with van der Waals surface area (Å²) in [4.78, 5) is 13.4. The van der Waals surface area contributed by atoms with Crippen molar-refractivity contribution in [3.63, 3.8) is 0 Å². The number of aliphatic hydroxyl groups is 11. The average molecular weight is 1320 g/mol. The van der Waals surface area contributed by atoms with Crippen LogP contribution in [-0.2, 0) is 33.2 Å². The van der Waals surface area contributed by atoms with E-state index in [1.807, 2.05) is 6.08 Å². The van der Waals surface area contributed by atoms with E-state index in [1.165, 1.54) is 167 Å². The molecule has 93 heavy (non-hydrogen) atoms. The minimum absolute atomic E-state index is 0.213. The Bertz CT molecular complexity index is 1920. The number of hydrogen-bond donors (Lipinski definition) is 12. The summed E-state index contributed by atoms with van der Waals surface area (Å²) in [5.41, 5.74) is 0. The fourth-order valence-electron chi connectivity index (χ4n) is 12.4. The molecule has 3 fully saturated rings. The van der Waals surface area contributed by atoms with E-state index in [4.69, 9.17) is 28.4 Å². The van der Waals surface area contributed by atoms with Crippen LogP contribution in [0.3, 0.4) is 0 Å². The first-order valence-electron chi connectivity index (χ1n) is 37.0. The lowest BCUT2D eigenvalue weighted by Gasteiger charge is -2.48. The van der Waals surface area contributed by atoms with Crippen LogP contribution in [0.2, 0.25) is 0 Å². The smallest absolute Gasteiger partial charge is 0.220 e. The number of carbonyl (C=O) groups is 1. The first-order valence-corrected chi connectivity index (χ1v) is 37.0. The summed E-state index contributed by atoms with van der Waals surface area (Å²) in [6.45, 7) is 1.62. The molecule has 0 bridgehead atoms. The van der Waals surface area contributed by atoms with Crippen LogP contribution >= 0.6 is 0 Å². The fourth-order valence-corrected chi connectivity index (χ4v) is 12.4. The van der Waals surface area contributed by atoms with Crippen LogP contribution in [0, 0.1) is 0 Å². The Morgan fingerprint density at radius 2 is 0.742 bits per heavy atom. The van der Waals surface area contributed by atoms with Crippen molar-refractivity contribution in [3.05, 3.63) is 60.8 Å². The molecule has 3 aliphatic heterocycles. The van der Waals surface area contributed by atoms with Crippen molar-refractivity contribution >= 4 is 5.91 Å². The van der Waals surface area contributed by atoms with Crippen molar-refractivity contribution in [2.45, 2.75) is 375 Å². The third-order valence-electron chi connectivity index (χ3n) is 18.3. The third-order valence-corrected chi connectivity index (χ3v) is 18.3. The maximum absolute atomic E-state index is 13.4. The lowest BCUT2D eigenvalue weighted by Crippen LogP contribution is -2.66. The molecule has 12 N–H and O–H groups in total. The molecule has 0 radical (unpaired) electrons. The SMILES string of the molecule is CC/C=C\C/C=C\C/C=C\C/C=C\CCCCCCC(=O)NC(COC1OC(CO)C(OC2OC(CO)C(OC3OC(CO)C(O)C(O)C3O)C(O)C2O)C(O)C1O)C(O)/C=C/CCCCCCCCCCCCCCCCCCCCCCCCCCCCCCC. The summed E-state index contributed by atoms with van der Waals surface area (Å²) in [7, 11) is 0. The van der Waals surface area contributed by atoms with Crippen molar-refractivity contribution in [3.8, 4) is 0 Å². The van der Waals surface area contributed by atoms with Gasteiger partial charge in [-0.2, -0.15) is 0 Å². The number of amides is 1. The Kier molecular flexibility index (Phi) is 50.4. The molecule has 17 unspecified atom stereocenters. The molecule has 0 aromatic heterocycles. The zero-order chi connectivity index (χ0) is 67.5. The maximum Gasteiger partial charge on any atom is 0.220 e. The zero-order valence-electron chi connectivity index (χ0n) is 57.5. The molecule has 1 amide bonds. The first kappa shape index (κ1) is 84.7. The number of allylic oxidation sites excluding steroid dienone is 9. The van der Waals surface area contributed by atoms with Crippen molar-refractivity contribution < 1.29 is 89.4 Å². The van der Waals surface area contributed by atoms with Gasteiger partial charge in [0.25, 0.3) is 0 Å². The van der Waals surface area contributed by atoms with Gasteiger partial charge in [-0.05, 0) is 57.8 Å². The van der Waals surface area contributed by atoms with Gasteiger partial charge in [0.1, 0.15) is 73.2 Å². The van der Waals surface area contributed by atoms with Crippen LogP contribution in [0.5, 0.6) is 0 Å². The summed E-state index contributed by atoms with van der Waals surface area (Å²) < 4.78 is 34.4. The standard InChI is InChI=1S/C74H133NO18/c1-3-5-7-9-11-13-15-17-19-21-22-23-24-25-26-27-28-29-30-31-32-33-34-36-37-39-41-43-45-47-49-51-58(79)57(75-62(80)52-50-48-46-44-42-40-38-35-20-18-16-14-12-10-8-6-4-2)56-88-72-68(86)65(83)70(60(54-77)90-72)93-74-69(87)66(84)71(61(55-78)91-74)92-73-67(85)64(82)63(81)59(53-76)89-73/h6,8,12,14,18,20,38,40,49,51,57-61,63-74,76-79,81-87H,3-5,7,9-11,13,15-17,19,21-37,39,41-48,50,52-56H2,1-2H3,(H,75,80)/b8-6-,14-12-,20-18-,40-38-,51-49+. The Labute approximate surface area is 560 Å². The second-order valence-corrected chi connectivity index (χ2v) is 26.4. The summed E-state index contributed by atoms with van der Waals surface area (Å²) >= 11 is 0. The van der Waals surface area contributed by atoms with E-state index in [2.05, 4.69) is 67.8 Å². The molecule has 17 atom stereocenters. The molecule has 0 aromatic carbocycles. The van der Waals surface area contributed by atoms with Crippen molar-refractivity contribution in [2.24, 2.45) is 0 Å². The van der Waals surface area contributed by atoms with Gasteiger partial charge in [-0.1, -0.05) is 267 Å². The van der Waals surface area contributed by atoms with Crippen LogP contribution in [0.25, 0.3) is 0 Å². The van der Waals surface area contributed by atoms with E-state index in [-0.39, 0.29) is 18.9 Å². The molecule has 0 spiro atoms. The summed E-state index contributed by atoms with van der Waals surface area (Å²) in [5.74, 6) is -0.298. The van der Waals surface area contributed by atoms with Gasteiger partial charge in [-0.15, -0.1) is 0 Å². The van der Waals surface area contributed by atoms with Crippen LogP contribution in [0.1, 0.15) is 271 Å². The van der Waals surface area contributed by atoms with E-state index in [0.29, 0.717) is 6.42 Å². The Balaban J connectivity index is 1.39. The lowest BCUT2D eigenvalue weighted by atomic mass is 9.96. The second-order valence-electron chi connectivity index (χ2n) is 26.4. The fraction of sp³-hybridized carbons (Fsp3) is 0.851. The predicted octanol–water partition coefficient (Wildman–Crippen LogP) is 10.7. The molecular formula is C74H133NO18. The van der Waals surface area contributed by atoms with E-state index in [0.717, 1.165) is 77.0 Å². The molecule has 3 heterocycles. The summed E-state index contributed by atoms with van der Waals surface area (Å²) in [6, 6.07) is -0.990. The van der Waals surface area contributed by atoms with E-state index in [1.54, 1.807) is 6.08 Å². The van der Waals surface area contributed by atoms with Crippen molar-refractivity contribution in [1.29, 1.82) is 0 Å². The topological polar surface area (TPSA) is 307 Å².